The Balaban J connectivity index is 1.93. The van der Waals surface area contributed by atoms with E-state index in [4.69, 9.17) is 4.74 Å². The van der Waals surface area contributed by atoms with E-state index < -0.39 is 0 Å². The molecule has 1 heterocycles. The molecule has 2 rings (SSSR count). The molecular weight excluding hydrogens is 136 g/mol. The SMILES string of the molecule is C1CCC2CCCCC2OC1. The van der Waals surface area contributed by atoms with Crippen LogP contribution in [-0.2, 0) is 4.74 Å². The monoisotopic (exact) mass is 154 g/mol. The topological polar surface area (TPSA) is 9.23 Å². The summed E-state index contributed by atoms with van der Waals surface area (Å²) < 4.78 is 5.81. The van der Waals surface area contributed by atoms with Gasteiger partial charge in [0.2, 0.25) is 0 Å². The van der Waals surface area contributed by atoms with Crippen molar-refractivity contribution in [2.45, 2.75) is 51.0 Å². The molecule has 2 fully saturated rings. The van der Waals surface area contributed by atoms with Gasteiger partial charge in [-0.1, -0.05) is 19.3 Å². The Kier molecular flexibility index (Phi) is 2.47. The van der Waals surface area contributed by atoms with E-state index in [9.17, 15) is 0 Å². The molecule has 11 heavy (non-hydrogen) atoms. The second kappa shape index (κ2) is 3.57. The molecule has 64 valence electrons. The van der Waals surface area contributed by atoms with Gasteiger partial charge in [0.15, 0.2) is 0 Å². The first-order valence-corrected chi connectivity index (χ1v) is 5.08. The molecule has 1 saturated heterocycles. The van der Waals surface area contributed by atoms with Crippen LogP contribution in [0.5, 0.6) is 0 Å². The van der Waals surface area contributed by atoms with Gasteiger partial charge in [-0.2, -0.15) is 0 Å². The fourth-order valence-corrected chi connectivity index (χ4v) is 2.47. The summed E-state index contributed by atoms with van der Waals surface area (Å²) in [7, 11) is 0. The first-order chi connectivity index (χ1) is 5.47. The highest BCUT2D eigenvalue weighted by molar-refractivity contribution is 4.77. The quantitative estimate of drug-likeness (QED) is 0.521. The van der Waals surface area contributed by atoms with Crippen LogP contribution in [0.4, 0.5) is 0 Å². The van der Waals surface area contributed by atoms with Crippen molar-refractivity contribution >= 4 is 0 Å². The third-order valence-electron chi connectivity index (χ3n) is 3.14. The van der Waals surface area contributed by atoms with Crippen molar-refractivity contribution in [3.8, 4) is 0 Å². The lowest BCUT2D eigenvalue weighted by atomic mass is 9.84. The predicted octanol–water partition coefficient (Wildman–Crippen LogP) is 2.75. The Morgan fingerprint density at radius 3 is 2.45 bits per heavy atom. The van der Waals surface area contributed by atoms with Crippen LogP contribution in [0.1, 0.15) is 44.9 Å². The van der Waals surface area contributed by atoms with Crippen LogP contribution in [0, 0.1) is 5.92 Å². The number of rotatable bonds is 0. The van der Waals surface area contributed by atoms with Crippen molar-refractivity contribution in [2.24, 2.45) is 5.92 Å². The molecule has 2 aliphatic rings. The molecule has 1 nitrogen and oxygen atoms in total. The minimum atomic E-state index is 0.645. The van der Waals surface area contributed by atoms with E-state index in [1.165, 1.54) is 44.9 Å². The third kappa shape index (κ3) is 1.76. The molecular formula is C10H18O. The number of ether oxygens (including phenoxy) is 1. The van der Waals surface area contributed by atoms with Gasteiger partial charge < -0.3 is 4.74 Å². The molecule has 0 aromatic rings. The lowest BCUT2D eigenvalue weighted by Crippen LogP contribution is -2.26. The highest BCUT2D eigenvalue weighted by Crippen LogP contribution is 2.32. The van der Waals surface area contributed by atoms with Gasteiger partial charge in [-0.3, -0.25) is 0 Å². The molecule has 0 radical (unpaired) electrons. The van der Waals surface area contributed by atoms with Crippen LogP contribution in [0.3, 0.4) is 0 Å². The van der Waals surface area contributed by atoms with E-state index in [1.807, 2.05) is 0 Å². The highest BCUT2D eigenvalue weighted by atomic mass is 16.5. The maximum atomic E-state index is 5.81. The maximum Gasteiger partial charge on any atom is 0.0603 e. The molecule has 1 heteroatoms. The molecule has 1 saturated carbocycles. The van der Waals surface area contributed by atoms with Crippen molar-refractivity contribution in [1.29, 1.82) is 0 Å². The molecule has 0 aromatic heterocycles. The van der Waals surface area contributed by atoms with Crippen LogP contribution >= 0.6 is 0 Å². The van der Waals surface area contributed by atoms with Crippen LogP contribution in [0.15, 0.2) is 0 Å². The van der Waals surface area contributed by atoms with Crippen molar-refractivity contribution in [3.05, 3.63) is 0 Å². The first-order valence-electron chi connectivity index (χ1n) is 5.08. The second-order valence-electron chi connectivity index (χ2n) is 3.95. The van der Waals surface area contributed by atoms with E-state index in [0.717, 1.165) is 12.5 Å². The minimum absolute atomic E-state index is 0.645. The summed E-state index contributed by atoms with van der Waals surface area (Å²) in [5.74, 6) is 0.922. The number of fused-ring (bicyclic) bond motifs is 1. The van der Waals surface area contributed by atoms with Gasteiger partial charge in [0, 0.05) is 6.61 Å². The minimum Gasteiger partial charge on any atom is -0.378 e. The van der Waals surface area contributed by atoms with Crippen LogP contribution in [0.2, 0.25) is 0 Å². The molecule has 0 N–H and O–H groups in total. The first kappa shape index (κ1) is 7.60. The summed E-state index contributed by atoms with van der Waals surface area (Å²) in [6, 6.07) is 0. The number of hydrogen-bond acceptors (Lipinski definition) is 1. The summed E-state index contributed by atoms with van der Waals surface area (Å²) in [6.07, 6.45) is 10.4. The van der Waals surface area contributed by atoms with Gasteiger partial charge in [-0.25, -0.2) is 0 Å². The molecule has 0 spiro atoms. The predicted molar refractivity (Wildman–Crippen MR) is 45.5 cm³/mol. The van der Waals surface area contributed by atoms with Crippen molar-refractivity contribution in [1.82, 2.24) is 0 Å². The van der Waals surface area contributed by atoms with Gasteiger partial charge in [0.25, 0.3) is 0 Å². The molecule has 0 amide bonds. The van der Waals surface area contributed by atoms with Crippen LogP contribution in [-0.4, -0.2) is 12.7 Å². The standard InChI is InChI=1S/C10H18O/c1-2-7-10-9(5-1)6-3-4-8-11-10/h9-10H,1-8H2. The van der Waals surface area contributed by atoms with E-state index in [0.29, 0.717) is 6.10 Å². The molecule has 1 aliphatic carbocycles. The Morgan fingerprint density at radius 2 is 1.55 bits per heavy atom. The zero-order valence-electron chi connectivity index (χ0n) is 7.22. The fraction of sp³-hybridized carbons (Fsp3) is 1.00. The average Bonchev–Trinajstić information content (AvgIpc) is 2.28. The zero-order valence-corrected chi connectivity index (χ0v) is 7.22. The van der Waals surface area contributed by atoms with E-state index in [1.54, 1.807) is 0 Å². The van der Waals surface area contributed by atoms with Crippen LogP contribution < -0.4 is 0 Å². The fourth-order valence-electron chi connectivity index (χ4n) is 2.47. The Labute approximate surface area is 69.1 Å². The summed E-state index contributed by atoms with van der Waals surface area (Å²) in [5, 5.41) is 0. The molecule has 0 bridgehead atoms. The van der Waals surface area contributed by atoms with E-state index >= 15 is 0 Å². The van der Waals surface area contributed by atoms with Gasteiger partial charge in [0.1, 0.15) is 0 Å². The zero-order chi connectivity index (χ0) is 7.52. The number of hydrogen-bond donors (Lipinski definition) is 0. The van der Waals surface area contributed by atoms with E-state index in [2.05, 4.69) is 0 Å². The Hall–Kier alpha value is -0.0400. The summed E-state index contributed by atoms with van der Waals surface area (Å²) in [4.78, 5) is 0. The lowest BCUT2D eigenvalue weighted by molar-refractivity contribution is 0.00204. The summed E-state index contributed by atoms with van der Waals surface area (Å²) in [5.41, 5.74) is 0. The molecule has 1 aliphatic heterocycles. The Morgan fingerprint density at radius 1 is 0.818 bits per heavy atom. The smallest absolute Gasteiger partial charge is 0.0603 e. The van der Waals surface area contributed by atoms with Crippen molar-refractivity contribution in [2.75, 3.05) is 6.61 Å². The molecule has 2 unspecified atom stereocenters. The van der Waals surface area contributed by atoms with Gasteiger partial charge in [-0.15, -0.1) is 0 Å². The lowest BCUT2D eigenvalue weighted by Gasteiger charge is -2.29. The third-order valence-corrected chi connectivity index (χ3v) is 3.14. The molecule has 2 atom stereocenters. The maximum absolute atomic E-state index is 5.81. The van der Waals surface area contributed by atoms with Crippen molar-refractivity contribution < 1.29 is 4.74 Å². The average molecular weight is 154 g/mol. The highest BCUT2D eigenvalue weighted by Gasteiger charge is 2.26. The van der Waals surface area contributed by atoms with Gasteiger partial charge >= 0.3 is 0 Å². The van der Waals surface area contributed by atoms with Gasteiger partial charge in [0.05, 0.1) is 6.10 Å². The van der Waals surface area contributed by atoms with Crippen molar-refractivity contribution in [3.63, 3.8) is 0 Å². The van der Waals surface area contributed by atoms with Crippen LogP contribution in [0.25, 0.3) is 0 Å². The molecule has 0 aromatic carbocycles. The summed E-state index contributed by atoms with van der Waals surface area (Å²) >= 11 is 0. The summed E-state index contributed by atoms with van der Waals surface area (Å²) in [6.45, 7) is 1.03. The second-order valence-corrected chi connectivity index (χ2v) is 3.95. The Bertz CT molecular complexity index is 108. The van der Waals surface area contributed by atoms with E-state index in [-0.39, 0.29) is 0 Å². The largest absolute Gasteiger partial charge is 0.378 e. The van der Waals surface area contributed by atoms with Gasteiger partial charge in [-0.05, 0) is 31.6 Å². The normalized spacial score (nSPS) is 39.3.